The van der Waals surface area contributed by atoms with E-state index in [1.54, 1.807) is 23.3 Å². The van der Waals surface area contributed by atoms with Crippen LogP contribution in [0.2, 0.25) is 0 Å². The number of carbonyl (C=O) groups excluding carboxylic acids is 1. The average molecular weight is 258 g/mol. The molecule has 0 radical (unpaired) electrons. The number of H-pyrrole nitrogens is 1. The van der Waals surface area contributed by atoms with Crippen molar-refractivity contribution in [2.45, 2.75) is 26.4 Å². The number of furan rings is 1. The molecule has 6 nitrogen and oxygen atoms in total. The van der Waals surface area contributed by atoms with Crippen molar-refractivity contribution in [3.63, 3.8) is 0 Å². The maximum absolute atomic E-state index is 12.4. The Kier molecular flexibility index (Phi) is 3.66. The fourth-order valence-electron chi connectivity index (χ4n) is 1.74. The smallest absolute Gasteiger partial charge is 0.273 e. The molecule has 0 fully saturated rings. The van der Waals surface area contributed by atoms with Gasteiger partial charge < -0.3 is 9.32 Å². The van der Waals surface area contributed by atoms with Crippen LogP contribution in [0.1, 0.15) is 35.7 Å². The molecule has 0 spiro atoms. The lowest BCUT2D eigenvalue weighted by molar-refractivity contribution is 0.0669. The Morgan fingerprint density at radius 3 is 3.00 bits per heavy atom. The Labute approximate surface area is 110 Å². The highest BCUT2D eigenvalue weighted by Crippen LogP contribution is 2.14. The molecule has 0 saturated carbocycles. The van der Waals surface area contributed by atoms with Crippen molar-refractivity contribution in [1.82, 2.24) is 15.1 Å². The molecule has 0 bridgehead atoms. The largest absolute Gasteiger partial charge is 0.467 e. The molecule has 2 aromatic rings. The van der Waals surface area contributed by atoms with Crippen LogP contribution < -0.4 is 0 Å². The van der Waals surface area contributed by atoms with Gasteiger partial charge in [0.05, 0.1) is 19.0 Å². The molecule has 19 heavy (non-hydrogen) atoms. The second-order valence-electron chi connectivity index (χ2n) is 4.38. The monoisotopic (exact) mass is 258 g/mol. The van der Waals surface area contributed by atoms with Crippen molar-refractivity contribution in [3.05, 3.63) is 41.6 Å². The second kappa shape index (κ2) is 5.40. The maximum Gasteiger partial charge on any atom is 0.273 e. The van der Waals surface area contributed by atoms with E-state index in [0.717, 1.165) is 0 Å². The van der Waals surface area contributed by atoms with Gasteiger partial charge in [0, 0.05) is 6.04 Å². The number of aromatic nitrogens is 2. The highest BCUT2D eigenvalue weighted by atomic mass is 16.3. The van der Waals surface area contributed by atoms with E-state index in [0.29, 0.717) is 12.3 Å². The molecule has 0 unspecified atom stereocenters. The predicted molar refractivity (Wildman–Crippen MR) is 67.0 cm³/mol. The zero-order chi connectivity index (χ0) is 13.8. The number of hydrogen-bond acceptors (Lipinski definition) is 4. The van der Waals surface area contributed by atoms with Crippen LogP contribution in [0.5, 0.6) is 0 Å². The number of amides is 1. The topological polar surface area (TPSA) is 85.9 Å². The third-order valence-electron chi connectivity index (χ3n) is 2.76. The van der Waals surface area contributed by atoms with Crippen molar-refractivity contribution in [1.29, 1.82) is 5.26 Å². The molecule has 0 saturated heterocycles. The van der Waals surface area contributed by atoms with Crippen molar-refractivity contribution in [2.24, 2.45) is 0 Å². The molecule has 2 rings (SSSR count). The summed E-state index contributed by atoms with van der Waals surface area (Å²) in [6.45, 7) is 4.17. The Morgan fingerprint density at radius 1 is 1.63 bits per heavy atom. The number of hydrogen-bond donors (Lipinski definition) is 1. The molecule has 0 aliphatic heterocycles. The molecule has 6 heteroatoms. The maximum atomic E-state index is 12.4. The minimum Gasteiger partial charge on any atom is -0.467 e. The first-order valence-corrected chi connectivity index (χ1v) is 5.90. The van der Waals surface area contributed by atoms with Gasteiger partial charge in [-0.15, -0.1) is 0 Å². The first-order valence-electron chi connectivity index (χ1n) is 5.90. The van der Waals surface area contributed by atoms with E-state index in [1.165, 1.54) is 6.20 Å². The van der Waals surface area contributed by atoms with Crippen molar-refractivity contribution >= 4 is 5.91 Å². The number of carbonyl (C=O) groups is 1. The molecule has 0 aromatic carbocycles. The summed E-state index contributed by atoms with van der Waals surface area (Å²) in [5.74, 6) is 0.431. The van der Waals surface area contributed by atoms with E-state index in [2.05, 4.69) is 10.2 Å². The van der Waals surface area contributed by atoms with Gasteiger partial charge in [-0.25, -0.2) is 0 Å². The van der Waals surface area contributed by atoms with Crippen LogP contribution in [-0.4, -0.2) is 27.0 Å². The summed E-state index contributed by atoms with van der Waals surface area (Å²) in [5, 5.41) is 15.2. The van der Waals surface area contributed by atoms with Gasteiger partial charge in [-0.2, -0.15) is 10.4 Å². The van der Waals surface area contributed by atoms with Gasteiger partial charge in [0.25, 0.3) is 5.91 Å². The van der Waals surface area contributed by atoms with E-state index in [-0.39, 0.29) is 23.2 Å². The highest BCUT2D eigenvalue weighted by Gasteiger charge is 2.23. The van der Waals surface area contributed by atoms with Crippen LogP contribution in [-0.2, 0) is 6.54 Å². The summed E-state index contributed by atoms with van der Waals surface area (Å²) in [6, 6.07) is 5.50. The van der Waals surface area contributed by atoms with E-state index >= 15 is 0 Å². The number of rotatable bonds is 4. The number of aromatic amines is 1. The van der Waals surface area contributed by atoms with E-state index in [1.807, 2.05) is 19.9 Å². The van der Waals surface area contributed by atoms with Crippen LogP contribution in [0.25, 0.3) is 0 Å². The van der Waals surface area contributed by atoms with Crippen LogP contribution in [0.4, 0.5) is 0 Å². The molecular weight excluding hydrogens is 244 g/mol. The summed E-state index contributed by atoms with van der Waals surface area (Å²) in [4.78, 5) is 14.0. The van der Waals surface area contributed by atoms with Gasteiger partial charge in [-0.1, -0.05) is 0 Å². The molecule has 0 aliphatic carbocycles. The normalized spacial score (nSPS) is 10.4. The number of nitriles is 1. The van der Waals surface area contributed by atoms with Gasteiger partial charge in [0.1, 0.15) is 23.1 Å². The standard InChI is InChI=1S/C13H14N4O2/c1-9(2)17(8-11-4-3-5-19-11)13(18)12-10(6-14)7-15-16-12/h3-5,7,9H,8H2,1-2H3,(H,15,16). The molecule has 2 aromatic heterocycles. The van der Waals surface area contributed by atoms with Crippen LogP contribution >= 0.6 is 0 Å². The zero-order valence-electron chi connectivity index (χ0n) is 10.8. The Balaban J connectivity index is 2.25. The summed E-state index contributed by atoms with van der Waals surface area (Å²) >= 11 is 0. The Bertz CT molecular complexity index is 592. The van der Waals surface area contributed by atoms with Crippen LogP contribution in [0.15, 0.2) is 29.0 Å². The lowest BCUT2D eigenvalue weighted by atomic mass is 10.2. The van der Waals surface area contributed by atoms with E-state index < -0.39 is 0 Å². The summed E-state index contributed by atoms with van der Waals surface area (Å²) in [6.07, 6.45) is 2.91. The van der Waals surface area contributed by atoms with Gasteiger partial charge in [0.15, 0.2) is 0 Å². The van der Waals surface area contributed by atoms with Gasteiger partial charge in [0.2, 0.25) is 0 Å². The molecule has 1 amide bonds. The minimum atomic E-state index is -0.263. The van der Waals surface area contributed by atoms with Crippen molar-refractivity contribution in [2.75, 3.05) is 0 Å². The number of nitrogens with zero attached hydrogens (tertiary/aromatic N) is 3. The molecule has 0 aliphatic rings. The van der Waals surface area contributed by atoms with Gasteiger partial charge in [-0.05, 0) is 26.0 Å². The van der Waals surface area contributed by atoms with Crippen molar-refractivity contribution < 1.29 is 9.21 Å². The summed E-state index contributed by atoms with van der Waals surface area (Å²) in [5.41, 5.74) is 0.456. The first-order chi connectivity index (χ1) is 9.13. The first kappa shape index (κ1) is 12.9. The van der Waals surface area contributed by atoms with Crippen LogP contribution in [0, 0.1) is 11.3 Å². The fraction of sp³-hybridized carbons (Fsp3) is 0.308. The highest BCUT2D eigenvalue weighted by molar-refractivity contribution is 5.94. The molecule has 98 valence electrons. The molecular formula is C13H14N4O2. The Morgan fingerprint density at radius 2 is 2.42 bits per heavy atom. The molecule has 2 heterocycles. The predicted octanol–water partition coefficient (Wildman–Crippen LogP) is 1.93. The average Bonchev–Trinajstić information content (AvgIpc) is 3.05. The minimum absolute atomic E-state index is 0.0209. The third kappa shape index (κ3) is 2.65. The molecule has 0 atom stereocenters. The van der Waals surface area contributed by atoms with E-state index in [4.69, 9.17) is 9.68 Å². The lowest BCUT2D eigenvalue weighted by Gasteiger charge is -2.25. The zero-order valence-corrected chi connectivity index (χ0v) is 10.8. The summed E-state index contributed by atoms with van der Waals surface area (Å²) < 4.78 is 5.25. The van der Waals surface area contributed by atoms with E-state index in [9.17, 15) is 4.79 Å². The fourth-order valence-corrected chi connectivity index (χ4v) is 1.74. The van der Waals surface area contributed by atoms with Crippen LogP contribution in [0.3, 0.4) is 0 Å². The summed E-state index contributed by atoms with van der Waals surface area (Å²) in [7, 11) is 0. The quantitative estimate of drug-likeness (QED) is 0.907. The number of nitrogens with one attached hydrogen (secondary N) is 1. The van der Waals surface area contributed by atoms with Gasteiger partial charge >= 0.3 is 0 Å². The third-order valence-corrected chi connectivity index (χ3v) is 2.76. The van der Waals surface area contributed by atoms with Gasteiger partial charge in [-0.3, -0.25) is 9.89 Å². The Hall–Kier alpha value is -2.55. The lowest BCUT2D eigenvalue weighted by Crippen LogP contribution is -2.36. The second-order valence-corrected chi connectivity index (χ2v) is 4.38. The van der Waals surface area contributed by atoms with Crippen molar-refractivity contribution in [3.8, 4) is 6.07 Å². The SMILES string of the molecule is CC(C)N(Cc1ccco1)C(=O)c1[nH]ncc1C#N. The molecule has 1 N–H and O–H groups in total.